The minimum absolute atomic E-state index is 0.0415. The van der Waals surface area contributed by atoms with Gasteiger partial charge >= 0.3 is 5.97 Å². The van der Waals surface area contributed by atoms with Crippen LogP contribution in [0.15, 0.2) is 18.2 Å². The van der Waals surface area contributed by atoms with Gasteiger partial charge in [0.25, 0.3) is 0 Å². The normalized spacial score (nSPS) is 17.5. The Bertz CT molecular complexity index is 560. The highest BCUT2D eigenvalue weighted by atomic mass is 16.5. The van der Waals surface area contributed by atoms with E-state index in [0.717, 1.165) is 17.5 Å². The van der Waals surface area contributed by atoms with Gasteiger partial charge in [0.2, 0.25) is 0 Å². The molecule has 0 N–H and O–H groups in total. The van der Waals surface area contributed by atoms with Crippen molar-refractivity contribution in [2.45, 2.75) is 32.6 Å². The highest BCUT2D eigenvalue weighted by Gasteiger charge is 2.32. The molecule has 4 heteroatoms. The van der Waals surface area contributed by atoms with Gasteiger partial charge in [-0.2, -0.15) is 0 Å². The van der Waals surface area contributed by atoms with Crippen molar-refractivity contribution in [2.75, 3.05) is 7.11 Å². The Balaban J connectivity index is 2.09. The smallest absolute Gasteiger partial charge is 0.305 e. The van der Waals surface area contributed by atoms with Gasteiger partial charge in [-0.3, -0.25) is 14.4 Å². The summed E-state index contributed by atoms with van der Waals surface area (Å²) >= 11 is 0. The number of fused-ring (bicyclic) bond motifs is 1. The maximum Gasteiger partial charge on any atom is 0.305 e. The number of aryl methyl sites for hydroxylation is 2. The number of carbonyl (C=O) groups excluding carboxylic acids is 3. The predicted octanol–water partition coefficient (Wildman–Crippen LogP) is 2.26. The standard InChI is InChI=1S/C16H18O4/c1-10-3-5-12-11(9-10)4-6-13(16(12)19)14(17)7-8-15(18)20-2/h3,5,9,13H,4,6-8H2,1-2H3. The summed E-state index contributed by atoms with van der Waals surface area (Å²) < 4.78 is 4.51. The van der Waals surface area contributed by atoms with Crippen LogP contribution in [0.4, 0.5) is 0 Å². The molecule has 0 aromatic heterocycles. The van der Waals surface area contributed by atoms with Gasteiger partial charge in [-0.25, -0.2) is 0 Å². The Labute approximate surface area is 118 Å². The largest absolute Gasteiger partial charge is 0.469 e. The van der Waals surface area contributed by atoms with Crippen LogP contribution in [0.2, 0.25) is 0 Å². The molecule has 0 spiro atoms. The van der Waals surface area contributed by atoms with Crippen molar-refractivity contribution < 1.29 is 19.1 Å². The zero-order chi connectivity index (χ0) is 14.7. The number of ether oxygens (including phenoxy) is 1. The summed E-state index contributed by atoms with van der Waals surface area (Å²) in [5, 5.41) is 0. The van der Waals surface area contributed by atoms with Crippen LogP contribution in [0.1, 0.15) is 40.7 Å². The molecule has 1 aromatic rings. The SMILES string of the molecule is COC(=O)CCC(=O)C1CCc2cc(C)ccc2C1=O. The molecule has 0 radical (unpaired) electrons. The zero-order valence-electron chi connectivity index (χ0n) is 11.8. The highest BCUT2D eigenvalue weighted by molar-refractivity contribution is 6.12. The predicted molar refractivity (Wildman–Crippen MR) is 73.6 cm³/mol. The van der Waals surface area contributed by atoms with E-state index < -0.39 is 11.9 Å². The van der Waals surface area contributed by atoms with E-state index in [1.165, 1.54) is 7.11 Å². The molecule has 1 aromatic carbocycles. The fourth-order valence-corrected chi connectivity index (χ4v) is 2.60. The molecule has 1 unspecified atom stereocenters. The van der Waals surface area contributed by atoms with E-state index in [2.05, 4.69) is 4.74 Å². The lowest BCUT2D eigenvalue weighted by molar-refractivity contribution is -0.142. The summed E-state index contributed by atoms with van der Waals surface area (Å²) in [5.74, 6) is -1.29. The van der Waals surface area contributed by atoms with Crippen LogP contribution < -0.4 is 0 Å². The Hall–Kier alpha value is -1.97. The molecule has 20 heavy (non-hydrogen) atoms. The van der Waals surface area contributed by atoms with Crippen molar-refractivity contribution in [2.24, 2.45) is 5.92 Å². The molecule has 0 heterocycles. The van der Waals surface area contributed by atoms with E-state index in [9.17, 15) is 14.4 Å². The number of carbonyl (C=O) groups is 3. The second kappa shape index (κ2) is 5.99. The molecule has 0 fully saturated rings. The average molecular weight is 274 g/mol. The molecule has 1 atom stereocenters. The molecule has 0 saturated carbocycles. The van der Waals surface area contributed by atoms with E-state index in [4.69, 9.17) is 0 Å². The number of rotatable bonds is 4. The highest BCUT2D eigenvalue weighted by Crippen LogP contribution is 2.28. The van der Waals surface area contributed by atoms with Crippen LogP contribution in [-0.2, 0) is 20.7 Å². The fourth-order valence-electron chi connectivity index (χ4n) is 2.60. The summed E-state index contributed by atoms with van der Waals surface area (Å²) in [5.41, 5.74) is 2.79. The lowest BCUT2D eigenvalue weighted by Gasteiger charge is -2.22. The Morgan fingerprint density at radius 3 is 2.75 bits per heavy atom. The first kappa shape index (κ1) is 14.4. The van der Waals surface area contributed by atoms with Gasteiger partial charge in [-0.1, -0.05) is 23.8 Å². The number of hydrogen-bond donors (Lipinski definition) is 0. The van der Waals surface area contributed by atoms with Crippen LogP contribution in [0.3, 0.4) is 0 Å². The second-order valence-corrected chi connectivity index (χ2v) is 5.16. The van der Waals surface area contributed by atoms with Crippen molar-refractivity contribution in [1.29, 1.82) is 0 Å². The minimum atomic E-state index is -0.602. The first-order valence-electron chi connectivity index (χ1n) is 6.76. The van der Waals surface area contributed by atoms with Gasteiger partial charge in [0.05, 0.1) is 19.4 Å². The zero-order valence-corrected chi connectivity index (χ0v) is 11.8. The molecule has 0 saturated heterocycles. The molecule has 0 amide bonds. The van der Waals surface area contributed by atoms with Crippen LogP contribution in [-0.4, -0.2) is 24.6 Å². The first-order chi connectivity index (χ1) is 9.52. The van der Waals surface area contributed by atoms with Crippen molar-refractivity contribution in [3.8, 4) is 0 Å². The monoisotopic (exact) mass is 274 g/mol. The summed E-state index contributed by atoms with van der Waals surface area (Å²) in [6.45, 7) is 1.98. The van der Waals surface area contributed by atoms with Gasteiger partial charge in [-0.05, 0) is 25.3 Å². The molecule has 2 rings (SSSR count). The average Bonchev–Trinajstić information content (AvgIpc) is 2.44. The van der Waals surface area contributed by atoms with Gasteiger partial charge in [0.15, 0.2) is 5.78 Å². The molecule has 1 aliphatic carbocycles. The van der Waals surface area contributed by atoms with E-state index in [-0.39, 0.29) is 24.4 Å². The Kier molecular flexibility index (Phi) is 4.32. The molecule has 4 nitrogen and oxygen atoms in total. The van der Waals surface area contributed by atoms with E-state index in [0.29, 0.717) is 12.0 Å². The Morgan fingerprint density at radius 1 is 1.30 bits per heavy atom. The topological polar surface area (TPSA) is 60.4 Å². The van der Waals surface area contributed by atoms with Crippen LogP contribution >= 0.6 is 0 Å². The van der Waals surface area contributed by atoms with Gasteiger partial charge in [0, 0.05) is 12.0 Å². The third-order valence-electron chi connectivity index (χ3n) is 3.74. The maximum atomic E-state index is 12.3. The molecule has 0 bridgehead atoms. The lowest BCUT2D eigenvalue weighted by atomic mass is 9.79. The molecule has 1 aliphatic rings. The van der Waals surface area contributed by atoms with E-state index >= 15 is 0 Å². The number of ketones is 2. The van der Waals surface area contributed by atoms with E-state index in [1.54, 1.807) is 6.07 Å². The second-order valence-electron chi connectivity index (χ2n) is 5.16. The van der Waals surface area contributed by atoms with Gasteiger partial charge in [0.1, 0.15) is 5.78 Å². The number of hydrogen-bond acceptors (Lipinski definition) is 4. The first-order valence-corrected chi connectivity index (χ1v) is 6.76. The summed E-state index contributed by atoms with van der Waals surface area (Å²) in [4.78, 5) is 35.5. The van der Waals surface area contributed by atoms with Crippen molar-refractivity contribution >= 4 is 17.5 Å². The van der Waals surface area contributed by atoms with Gasteiger partial charge < -0.3 is 4.74 Å². The summed E-state index contributed by atoms with van der Waals surface area (Å²) in [6, 6.07) is 5.69. The summed E-state index contributed by atoms with van der Waals surface area (Å²) in [7, 11) is 1.29. The Morgan fingerprint density at radius 2 is 2.05 bits per heavy atom. The third-order valence-corrected chi connectivity index (χ3v) is 3.74. The van der Waals surface area contributed by atoms with Crippen molar-refractivity contribution in [3.63, 3.8) is 0 Å². The quantitative estimate of drug-likeness (QED) is 0.624. The molecular weight excluding hydrogens is 256 g/mol. The fraction of sp³-hybridized carbons (Fsp3) is 0.438. The van der Waals surface area contributed by atoms with E-state index in [1.807, 2.05) is 19.1 Å². The number of esters is 1. The van der Waals surface area contributed by atoms with Crippen LogP contribution in [0.25, 0.3) is 0 Å². The lowest BCUT2D eigenvalue weighted by Crippen LogP contribution is -2.30. The van der Waals surface area contributed by atoms with Crippen molar-refractivity contribution in [3.05, 3.63) is 34.9 Å². The minimum Gasteiger partial charge on any atom is -0.469 e. The number of methoxy groups -OCH3 is 1. The molecular formula is C16H18O4. The van der Waals surface area contributed by atoms with Gasteiger partial charge in [-0.15, -0.1) is 0 Å². The number of benzene rings is 1. The number of Topliss-reactive ketones (excluding diaryl/α,β-unsaturated/α-hetero) is 2. The van der Waals surface area contributed by atoms with Crippen molar-refractivity contribution in [1.82, 2.24) is 0 Å². The summed E-state index contributed by atoms with van der Waals surface area (Å²) in [6.07, 6.45) is 1.39. The van der Waals surface area contributed by atoms with Crippen LogP contribution in [0, 0.1) is 12.8 Å². The molecule has 106 valence electrons. The third kappa shape index (κ3) is 2.95. The maximum absolute atomic E-state index is 12.3. The molecule has 0 aliphatic heterocycles. The van der Waals surface area contributed by atoms with Crippen LogP contribution in [0.5, 0.6) is 0 Å².